The summed E-state index contributed by atoms with van der Waals surface area (Å²) in [5.74, 6) is -2.16. The molecule has 0 saturated carbocycles. The quantitative estimate of drug-likeness (QED) is 0.165. The molecule has 8 nitrogen and oxygen atoms in total. The number of hydrogen-bond acceptors (Lipinski definition) is 8. The molecule has 0 spiro atoms. The van der Waals surface area contributed by atoms with Gasteiger partial charge < -0.3 is 14.2 Å². The van der Waals surface area contributed by atoms with Crippen molar-refractivity contribution in [1.29, 1.82) is 0 Å². The van der Waals surface area contributed by atoms with Crippen molar-refractivity contribution < 1.29 is 44.6 Å². The molecule has 0 radical (unpaired) electrons. The summed E-state index contributed by atoms with van der Waals surface area (Å²) in [6.45, 7) is -0.0760. The summed E-state index contributed by atoms with van der Waals surface area (Å²) < 4.78 is 118. The predicted molar refractivity (Wildman–Crippen MR) is 169 cm³/mol. The number of nitrogens with zero attached hydrogens (tertiary/aromatic N) is 3. The summed E-state index contributed by atoms with van der Waals surface area (Å²) in [7, 11) is -1.67. The first-order chi connectivity index (χ1) is 22.9. The molecule has 0 unspecified atom stereocenters. The number of anilines is 1. The molecule has 256 valence electrons. The monoisotopic (exact) mass is 709 g/mol. The standard InChI is InChI=1S/C33H32F5N3O5S2/c1-44-24-8-5-21(29(16-24)45-2)19-41(32-39-11-14-47-32)48(42,43)31-18-30-25(17-26(31)35)27(10-13-46-30)40-12-9-22(33(36,37)38)15-28(40)20-3-6-23(34)7-4-20/h3-8,11,14,16-18,22,27-28H,9-10,12-13,15,19H2,1-2H3/t22-,27-,28+/m1/s1. The van der Waals surface area contributed by atoms with Gasteiger partial charge in [0.15, 0.2) is 5.13 Å². The first kappa shape index (κ1) is 33.9. The second-order valence-electron chi connectivity index (χ2n) is 11.5. The van der Waals surface area contributed by atoms with Crippen LogP contribution in [0.1, 0.15) is 48.0 Å². The van der Waals surface area contributed by atoms with Crippen LogP contribution >= 0.6 is 11.3 Å². The highest BCUT2D eigenvalue weighted by atomic mass is 32.2. The van der Waals surface area contributed by atoms with Crippen molar-refractivity contribution >= 4 is 26.5 Å². The van der Waals surface area contributed by atoms with Gasteiger partial charge in [-0.1, -0.05) is 12.1 Å². The van der Waals surface area contributed by atoms with Crippen LogP contribution in [-0.4, -0.2) is 51.8 Å². The molecule has 3 heterocycles. The number of benzene rings is 3. The number of aromatic nitrogens is 1. The van der Waals surface area contributed by atoms with Crippen molar-refractivity contribution in [1.82, 2.24) is 9.88 Å². The Labute approximate surface area is 278 Å². The molecule has 0 N–H and O–H groups in total. The highest BCUT2D eigenvalue weighted by molar-refractivity contribution is 7.93. The van der Waals surface area contributed by atoms with Crippen LogP contribution < -0.4 is 18.5 Å². The molecular formula is C33H32F5N3O5S2. The zero-order chi connectivity index (χ0) is 34.2. The number of thiazole rings is 1. The van der Waals surface area contributed by atoms with Gasteiger partial charge in [0, 0.05) is 53.3 Å². The van der Waals surface area contributed by atoms with Crippen molar-refractivity contribution in [3.63, 3.8) is 0 Å². The largest absolute Gasteiger partial charge is 0.497 e. The minimum atomic E-state index is -4.59. The SMILES string of the molecule is COc1ccc(CN(c2nccs2)S(=O)(=O)c2cc3c(cc2F)[C@H](N2CC[C@@H](C(F)(F)F)C[C@H]2c2ccc(F)cc2)CCO3)c(OC)c1. The highest BCUT2D eigenvalue weighted by Gasteiger charge is 2.47. The van der Waals surface area contributed by atoms with E-state index in [1.807, 2.05) is 4.90 Å². The average Bonchev–Trinajstić information content (AvgIpc) is 3.61. The smallest absolute Gasteiger partial charge is 0.391 e. The van der Waals surface area contributed by atoms with E-state index in [1.54, 1.807) is 23.6 Å². The van der Waals surface area contributed by atoms with Crippen LogP contribution in [0.3, 0.4) is 0 Å². The number of hydrogen-bond donors (Lipinski definition) is 0. The number of rotatable bonds is 9. The van der Waals surface area contributed by atoms with Gasteiger partial charge in [0.2, 0.25) is 0 Å². The lowest BCUT2D eigenvalue weighted by Gasteiger charge is -2.46. The molecule has 6 rings (SSSR count). The Hall–Kier alpha value is -3.95. The number of methoxy groups -OCH3 is 2. The molecule has 3 atom stereocenters. The fourth-order valence-electron chi connectivity index (χ4n) is 6.43. The zero-order valence-electron chi connectivity index (χ0n) is 25.9. The number of alkyl halides is 3. The van der Waals surface area contributed by atoms with Gasteiger partial charge >= 0.3 is 6.18 Å². The minimum Gasteiger partial charge on any atom is -0.497 e. The maximum Gasteiger partial charge on any atom is 0.391 e. The molecule has 3 aromatic carbocycles. The van der Waals surface area contributed by atoms with Gasteiger partial charge in [-0.25, -0.2) is 26.5 Å². The highest BCUT2D eigenvalue weighted by Crippen LogP contribution is 2.49. The Bertz CT molecular complexity index is 1860. The van der Waals surface area contributed by atoms with E-state index in [2.05, 4.69) is 4.98 Å². The number of likely N-dealkylation sites (tertiary alicyclic amines) is 1. The maximum absolute atomic E-state index is 16.2. The summed E-state index contributed by atoms with van der Waals surface area (Å²) in [5, 5.41) is 1.69. The first-order valence-electron chi connectivity index (χ1n) is 15.1. The van der Waals surface area contributed by atoms with Crippen LogP contribution in [0.15, 0.2) is 71.1 Å². The van der Waals surface area contributed by atoms with Gasteiger partial charge in [-0.2, -0.15) is 13.2 Å². The van der Waals surface area contributed by atoms with E-state index >= 15 is 4.39 Å². The van der Waals surface area contributed by atoms with Crippen molar-refractivity contribution in [2.24, 2.45) is 5.92 Å². The van der Waals surface area contributed by atoms with Crippen molar-refractivity contribution in [3.05, 3.63) is 94.5 Å². The number of sulfonamides is 1. The van der Waals surface area contributed by atoms with Crippen molar-refractivity contribution in [3.8, 4) is 17.2 Å². The van der Waals surface area contributed by atoms with Crippen LogP contribution in [0.2, 0.25) is 0 Å². The van der Waals surface area contributed by atoms with Gasteiger partial charge in [-0.15, -0.1) is 11.3 Å². The molecule has 0 aliphatic carbocycles. The topological polar surface area (TPSA) is 81.2 Å². The zero-order valence-corrected chi connectivity index (χ0v) is 27.5. The molecular weight excluding hydrogens is 678 g/mol. The third-order valence-electron chi connectivity index (χ3n) is 8.84. The van der Waals surface area contributed by atoms with Crippen LogP contribution in [-0.2, 0) is 16.6 Å². The van der Waals surface area contributed by atoms with Crippen molar-refractivity contribution in [2.45, 2.75) is 49.0 Å². The second-order valence-corrected chi connectivity index (χ2v) is 14.2. The molecule has 4 aromatic rings. The van der Waals surface area contributed by atoms with E-state index in [0.29, 0.717) is 34.6 Å². The number of fused-ring (bicyclic) bond motifs is 1. The average molecular weight is 710 g/mol. The molecule has 48 heavy (non-hydrogen) atoms. The van der Waals surface area contributed by atoms with Gasteiger partial charge in [0.05, 0.1) is 33.3 Å². The maximum atomic E-state index is 16.2. The van der Waals surface area contributed by atoms with E-state index in [0.717, 1.165) is 27.8 Å². The molecule has 1 aromatic heterocycles. The normalized spacial score (nSPS) is 20.1. The van der Waals surface area contributed by atoms with Gasteiger partial charge in [-0.3, -0.25) is 4.90 Å². The Morgan fingerprint density at radius 2 is 1.79 bits per heavy atom. The summed E-state index contributed by atoms with van der Waals surface area (Å²) in [6.07, 6.45) is -3.07. The fourth-order valence-corrected chi connectivity index (χ4v) is 8.76. The van der Waals surface area contributed by atoms with Gasteiger partial charge in [0.25, 0.3) is 10.0 Å². The molecule has 2 aliphatic heterocycles. The summed E-state index contributed by atoms with van der Waals surface area (Å²) in [4.78, 5) is 5.41. The molecule has 0 bridgehead atoms. The van der Waals surface area contributed by atoms with Gasteiger partial charge in [-0.05, 0) is 55.3 Å². The Morgan fingerprint density at radius 1 is 1.02 bits per heavy atom. The van der Waals surface area contributed by atoms with Crippen LogP contribution in [0.4, 0.5) is 27.1 Å². The predicted octanol–water partition coefficient (Wildman–Crippen LogP) is 7.67. The first-order valence-corrected chi connectivity index (χ1v) is 17.4. The third-order valence-corrected chi connectivity index (χ3v) is 11.5. The molecule has 1 fully saturated rings. The van der Waals surface area contributed by atoms with E-state index in [9.17, 15) is 26.0 Å². The van der Waals surface area contributed by atoms with Crippen LogP contribution in [0, 0.1) is 17.6 Å². The van der Waals surface area contributed by atoms with E-state index in [-0.39, 0.29) is 43.4 Å². The lowest BCUT2D eigenvalue weighted by Crippen LogP contribution is -2.44. The minimum absolute atomic E-state index is 0.0412. The molecule has 15 heteroatoms. The third kappa shape index (κ3) is 6.67. The Morgan fingerprint density at radius 3 is 2.46 bits per heavy atom. The fraction of sp³-hybridized carbons (Fsp3) is 0.364. The van der Waals surface area contributed by atoms with E-state index < -0.39 is 50.7 Å². The Kier molecular flexibility index (Phi) is 9.55. The molecule has 1 saturated heterocycles. The van der Waals surface area contributed by atoms with Crippen molar-refractivity contribution in [2.75, 3.05) is 31.7 Å². The van der Waals surface area contributed by atoms with E-state index in [4.69, 9.17) is 14.2 Å². The number of halogens is 5. The van der Waals surface area contributed by atoms with Gasteiger partial charge in [0.1, 0.15) is 33.8 Å². The number of ether oxygens (including phenoxy) is 3. The molecule has 2 aliphatic rings. The van der Waals surface area contributed by atoms with E-state index in [1.165, 1.54) is 44.7 Å². The van der Waals surface area contributed by atoms with Crippen LogP contribution in [0.25, 0.3) is 0 Å². The lowest BCUT2D eigenvalue weighted by atomic mass is 9.84. The Balaban J connectivity index is 1.37. The summed E-state index contributed by atoms with van der Waals surface area (Å²) >= 11 is 1.05. The lowest BCUT2D eigenvalue weighted by molar-refractivity contribution is -0.192. The van der Waals surface area contributed by atoms with Crippen LogP contribution in [0.5, 0.6) is 17.2 Å². The number of piperidine rings is 1. The summed E-state index contributed by atoms with van der Waals surface area (Å²) in [5.41, 5.74) is 1.31. The second kappa shape index (κ2) is 13.5. The summed E-state index contributed by atoms with van der Waals surface area (Å²) in [6, 6.07) is 11.1. The molecule has 0 amide bonds.